The zero-order valence-electron chi connectivity index (χ0n) is 17.1. The number of fused-ring (bicyclic) bond motifs is 1. The first-order chi connectivity index (χ1) is 13.0. The normalized spacial score (nSPS) is 24.9. The van der Waals surface area contributed by atoms with Gasteiger partial charge in [0.1, 0.15) is 5.75 Å². The molecule has 2 fully saturated rings. The lowest BCUT2D eigenvalue weighted by Crippen LogP contribution is -2.41. The van der Waals surface area contributed by atoms with Crippen LogP contribution >= 0.6 is 0 Å². The van der Waals surface area contributed by atoms with Crippen molar-refractivity contribution >= 4 is 6.03 Å². The molecule has 3 rings (SSSR count). The van der Waals surface area contributed by atoms with Crippen LogP contribution < -0.4 is 4.74 Å². The Kier molecular flexibility index (Phi) is 6.60. The number of methoxy groups -OCH3 is 2. The van der Waals surface area contributed by atoms with E-state index >= 15 is 0 Å². The molecule has 2 amide bonds. The molecule has 0 N–H and O–H groups in total. The summed E-state index contributed by atoms with van der Waals surface area (Å²) in [6, 6.07) is 8.47. The number of ether oxygens (including phenoxy) is 2. The number of benzene rings is 1. The molecule has 0 unspecified atom stereocenters. The number of urea groups is 1. The van der Waals surface area contributed by atoms with E-state index in [4.69, 9.17) is 9.47 Å². The number of hydrogen-bond acceptors (Lipinski definition) is 4. The maximum Gasteiger partial charge on any atom is 0.320 e. The zero-order chi connectivity index (χ0) is 19.4. The second-order valence-electron chi connectivity index (χ2n) is 7.93. The molecule has 3 atom stereocenters. The van der Waals surface area contributed by atoms with Crippen molar-refractivity contribution in [2.24, 2.45) is 11.8 Å². The molecule has 2 saturated heterocycles. The molecule has 0 saturated carbocycles. The highest BCUT2D eigenvalue weighted by atomic mass is 16.5. The average molecular weight is 376 g/mol. The fourth-order valence-corrected chi connectivity index (χ4v) is 4.58. The maximum absolute atomic E-state index is 12.8. The SMILES string of the molecule is COCCCCN1C[C@@H]2CN(C(=O)N(C)C)[C@@H](c3ccc(OC)cc3)[C@@H]2C1. The lowest BCUT2D eigenvalue weighted by molar-refractivity contribution is 0.151. The van der Waals surface area contributed by atoms with E-state index in [2.05, 4.69) is 21.9 Å². The molecule has 27 heavy (non-hydrogen) atoms. The van der Waals surface area contributed by atoms with Crippen molar-refractivity contribution in [3.8, 4) is 5.75 Å². The maximum atomic E-state index is 12.8. The van der Waals surface area contributed by atoms with Crippen molar-refractivity contribution in [2.75, 3.05) is 61.1 Å². The highest BCUT2D eigenvalue weighted by molar-refractivity contribution is 5.75. The van der Waals surface area contributed by atoms with Crippen LogP contribution in [-0.2, 0) is 4.74 Å². The predicted molar refractivity (Wildman–Crippen MR) is 106 cm³/mol. The lowest BCUT2D eigenvalue weighted by atomic mass is 9.89. The number of nitrogens with zero attached hydrogens (tertiary/aromatic N) is 3. The van der Waals surface area contributed by atoms with Gasteiger partial charge in [0.25, 0.3) is 0 Å². The van der Waals surface area contributed by atoms with Crippen LogP contribution in [0.2, 0.25) is 0 Å². The molecule has 150 valence electrons. The van der Waals surface area contributed by atoms with E-state index in [1.165, 1.54) is 12.0 Å². The van der Waals surface area contributed by atoms with E-state index < -0.39 is 0 Å². The summed E-state index contributed by atoms with van der Waals surface area (Å²) in [6.45, 7) is 4.94. The van der Waals surface area contributed by atoms with Gasteiger partial charge >= 0.3 is 6.03 Å². The fraction of sp³-hybridized carbons (Fsp3) is 0.667. The van der Waals surface area contributed by atoms with Crippen LogP contribution in [0.25, 0.3) is 0 Å². The van der Waals surface area contributed by atoms with Gasteiger partial charge in [-0.3, -0.25) is 0 Å². The van der Waals surface area contributed by atoms with E-state index in [1.54, 1.807) is 19.1 Å². The van der Waals surface area contributed by atoms with Gasteiger partial charge in [-0.05, 0) is 43.0 Å². The van der Waals surface area contributed by atoms with E-state index in [-0.39, 0.29) is 12.1 Å². The van der Waals surface area contributed by atoms with Crippen LogP contribution in [0.1, 0.15) is 24.4 Å². The summed E-state index contributed by atoms with van der Waals surface area (Å²) < 4.78 is 10.5. The highest BCUT2D eigenvalue weighted by Gasteiger charge is 2.49. The van der Waals surface area contributed by atoms with Gasteiger partial charge in [-0.1, -0.05) is 12.1 Å². The van der Waals surface area contributed by atoms with E-state index in [9.17, 15) is 4.79 Å². The van der Waals surface area contributed by atoms with Crippen molar-refractivity contribution in [3.05, 3.63) is 29.8 Å². The quantitative estimate of drug-likeness (QED) is 0.688. The van der Waals surface area contributed by atoms with Gasteiger partial charge < -0.3 is 24.2 Å². The van der Waals surface area contributed by atoms with Gasteiger partial charge in [-0.2, -0.15) is 0 Å². The number of likely N-dealkylation sites (tertiary alicyclic amines) is 2. The Balaban J connectivity index is 1.74. The van der Waals surface area contributed by atoms with Crippen molar-refractivity contribution < 1.29 is 14.3 Å². The number of carbonyl (C=O) groups is 1. The Hall–Kier alpha value is -1.79. The third-order valence-electron chi connectivity index (χ3n) is 5.90. The topological polar surface area (TPSA) is 45.2 Å². The molecule has 0 radical (unpaired) electrons. The lowest BCUT2D eigenvalue weighted by Gasteiger charge is -2.32. The Morgan fingerprint density at radius 1 is 1.11 bits per heavy atom. The van der Waals surface area contributed by atoms with Crippen LogP contribution in [0.4, 0.5) is 4.79 Å². The first-order valence-electron chi connectivity index (χ1n) is 9.88. The minimum absolute atomic E-state index is 0.108. The molecular weight excluding hydrogens is 342 g/mol. The van der Waals surface area contributed by atoms with Gasteiger partial charge in [-0.15, -0.1) is 0 Å². The van der Waals surface area contributed by atoms with Gasteiger partial charge in [0.15, 0.2) is 0 Å². The van der Waals surface area contributed by atoms with Gasteiger partial charge in [-0.25, -0.2) is 4.79 Å². The summed E-state index contributed by atoms with van der Waals surface area (Å²) in [5, 5.41) is 0. The van der Waals surface area contributed by atoms with Gasteiger partial charge in [0.05, 0.1) is 13.2 Å². The molecule has 0 aliphatic carbocycles. The summed E-state index contributed by atoms with van der Waals surface area (Å²) in [5.41, 5.74) is 1.21. The molecule has 2 heterocycles. The third kappa shape index (κ3) is 4.38. The highest BCUT2D eigenvalue weighted by Crippen LogP contribution is 2.45. The van der Waals surface area contributed by atoms with E-state index in [0.29, 0.717) is 11.8 Å². The van der Waals surface area contributed by atoms with E-state index in [1.807, 2.05) is 26.2 Å². The van der Waals surface area contributed by atoms with Crippen molar-refractivity contribution in [3.63, 3.8) is 0 Å². The van der Waals surface area contributed by atoms with Gasteiger partial charge in [0.2, 0.25) is 0 Å². The smallest absolute Gasteiger partial charge is 0.320 e. The van der Waals surface area contributed by atoms with Crippen LogP contribution in [0, 0.1) is 11.8 Å². The third-order valence-corrected chi connectivity index (χ3v) is 5.90. The van der Waals surface area contributed by atoms with Crippen molar-refractivity contribution in [2.45, 2.75) is 18.9 Å². The molecule has 1 aromatic rings. The minimum Gasteiger partial charge on any atom is -0.497 e. The van der Waals surface area contributed by atoms with Crippen LogP contribution in [0.5, 0.6) is 5.75 Å². The molecule has 6 heteroatoms. The van der Waals surface area contributed by atoms with Crippen molar-refractivity contribution in [1.82, 2.24) is 14.7 Å². The van der Waals surface area contributed by atoms with Crippen LogP contribution in [0.15, 0.2) is 24.3 Å². The number of unbranched alkanes of at least 4 members (excludes halogenated alkanes) is 1. The largest absolute Gasteiger partial charge is 0.497 e. The summed E-state index contributed by atoms with van der Waals surface area (Å²) >= 11 is 0. The Labute approximate surface area is 163 Å². The van der Waals surface area contributed by atoms with E-state index in [0.717, 1.165) is 45.0 Å². The summed E-state index contributed by atoms with van der Waals surface area (Å²) in [5.74, 6) is 1.89. The molecule has 0 aromatic heterocycles. The molecule has 0 spiro atoms. The number of amides is 2. The standard InChI is InChI=1S/C21H33N3O3/c1-22(2)21(25)24-14-17-13-23(11-5-6-12-26-3)15-19(17)20(24)16-7-9-18(27-4)10-8-16/h7-10,17,19-20H,5-6,11-15H2,1-4H3/t17-,19-,20+/m1/s1. The second kappa shape index (κ2) is 8.93. The number of rotatable bonds is 7. The molecule has 2 aliphatic heterocycles. The summed E-state index contributed by atoms with van der Waals surface area (Å²) in [7, 11) is 7.12. The average Bonchev–Trinajstić information content (AvgIpc) is 3.22. The molecular formula is C21H33N3O3. The Morgan fingerprint density at radius 3 is 2.48 bits per heavy atom. The minimum atomic E-state index is 0.108. The summed E-state index contributed by atoms with van der Waals surface area (Å²) in [4.78, 5) is 19.1. The van der Waals surface area contributed by atoms with Crippen molar-refractivity contribution in [1.29, 1.82) is 0 Å². The second-order valence-corrected chi connectivity index (χ2v) is 7.93. The Bertz CT molecular complexity index is 620. The van der Waals surface area contributed by atoms with Crippen LogP contribution in [0.3, 0.4) is 0 Å². The molecule has 6 nitrogen and oxygen atoms in total. The summed E-state index contributed by atoms with van der Waals surface area (Å²) in [6.07, 6.45) is 2.27. The molecule has 1 aromatic carbocycles. The van der Waals surface area contributed by atoms with Gasteiger partial charge in [0, 0.05) is 53.4 Å². The first kappa shape index (κ1) is 20.0. The monoisotopic (exact) mass is 375 g/mol. The number of carbonyl (C=O) groups excluding carboxylic acids is 1. The Morgan fingerprint density at radius 2 is 1.85 bits per heavy atom. The first-order valence-corrected chi connectivity index (χ1v) is 9.88. The molecule has 0 bridgehead atoms. The zero-order valence-corrected chi connectivity index (χ0v) is 17.1. The predicted octanol–water partition coefficient (Wildman–Crippen LogP) is 2.71. The number of hydrogen-bond donors (Lipinski definition) is 0. The molecule has 2 aliphatic rings. The van der Waals surface area contributed by atoms with Crippen LogP contribution in [-0.4, -0.2) is 81.8 Å². The fourth-order valence-electron chi connectivity index (χ4n) is 4.58.